The van der Waals surface area contributed by atoms with Crippen LogP contribution >= 0.6 is 0 Å². The Morgan fingerprint density at radius 1 is 1.03 bits per heavy atom. The van der Waals surface area contributed by atoms with Crippen molar-refractivity contribution in [2.75, 3.05) is 31.6 Å². The lowest BCUT2D eigenvalue weighted by Gasteiger charge is -2.26. The standard InChI is InChI=1S/C23H25FN2O7S/c1-16(33-22(28)11-10-21(27)17-2-4-18(24)5-3-17)23(29)25-19-6-8-20(9-7-19)34(30,31)26-12-14-32-15-13-26/h2-9,16H,10-15H2,1H3,(H,25,29). The first-order valence-corrected chi connectivity index (χ1v) is 12.1. The number of anilines is 1. The summed E-state index contributed by atoms with van der Waals surface area (Å²) < 4.78 is 49.8. The molecule has 182 valence electrons. The summed E-state index contributed by atoms with van der Waals surface area (Å²) in [6.07, 6.45) is -1.51. The number of amides is 1. The van der Waals surface area contributed by atoms with E-state index in [0.29, 0.717) is 18.9 Å². The van der Waals surface area contributed by atoms with E-state index in [9.17, 15) is 27.2 Å². The van der Waals surface area contributed by atoms with Crippen molar-refractivity contribution >= 4 is 33.4 Å². The molecule has 1 heterocycles. The van der Waals surface area contributed by atoms with E-state index in [1.165, 1.54) is 47.6 Å². The largest absolute Gasteiger partial charge is 0.453 e. The highest BCUT2D eigenvalue weighted by molar-refractivity contribution is 7.89. The van der Waals surface area contributed by atoms with E-state index >= 15 is 0 Å². The van der Waals surface area contributed by atoms with Crippen LogP contribution in [0, 0.1) is 5.82 Å². The third-order valence-corrected chi connectivity index (χ3v) is 7.04. The topological polar surface area (TPSA) is 119 Å². The van der Waals surface area contributed by atoms with Crippen molar-refractivity contribution in [3.05, 3.63) is 59.9 Å². The van der Waals surface area contributed by atoms with Crippen molar-refractivity contribution in [3.8, 4) is 0 Å². The van der Waals surface area contributed by atoms with Crippen LogP contribution in [-0.2, 0) is 29.1 Å². The Kier molecular flexibility index (Phi) is 8.48. The Morgan fingerprint density at radius 2 is 1.65 bits per heavy atom. The van der Waals surface area contributed by atoms with Crippen LogP contribution in [0.4, 0.5) is 10.1 Å². The number of nitrogens with zero attached hydrogens (tertiary/aromatic N) is 1. The van der Waals surface area contributed by atoms with Crippen molar-refractivity contribution in [2.24, 2.45) is 0 Å². The van der Waals surface area contributed by atoms with E-state index in [1.807, 2.05) is 0 Å². The third-order valence-electron chi connectivity index (χ3n) is 5.13. The number of carbonyl (C=O) groups excluding carboxylic acids is 3. The maximum absolute atomic E-state index is 12.9. The third kappa shape index (κ3) is 6.69. The average molecular weight is 493 g/mol. The number of benzene rings is 2. The quantitative estimate of drug-likeness (QED) is 0.422. The first-order valence-electron chi connectivity index (χ1n) is 10.6. The number of hydrogen-bond donors (Lipinski definition) is 1. The van der Waals surface area contributed by atoms with E-state index in [2.05, 4.69) is 5.32 Å². The SMILES string of the molecule is CC(OC(=O)CCC(=O)c1ccc(F)cc1)C(=O)Nc1ccc(S(=O)(=O)N2CCOCC2)cc1. The van der Waals surface area contributed by atoms with Crippen LogP contribution < -0.4 is 5.32 Å². The lowest BCUT2D eigenvalue weighted by Crippen LogP contribution is -2.40. The van der Waals surface area contributed by atoms with E-state index in [1.54, 1.807) is 0 Å². The van der Waals surface area contributed by atoms with Gasteiger partial charge in [0.2, 0.25) is 10.0 Å². The first kappa shape index (κ1) is 25.5. The summed E-state index contributed by atoms with van der Waals surface area (Å²) in [7, 11) is -3.65. The molecule has 0 aromatic heterocycles. The van der Waals surface area contributed by atoms with Gasteiger partial charge in [-0.1, -0.05) is 0 Å². The van der Waals surface area contributed by atoms with Crippen LogP contribution in [0.2, 0.25) is 0 Å². The van der Waals surface area contributed by atoms with Gasteiger partial charge >= 0.3 is 5.97 Å². The molecule has 3 rings (SSSR count). The summed E-state index contributed by atoms with van der Waals surface area (Å²) in [6.45, 7) is 2.61. The molecule has 1 atom stereocenters. The highest BCUT2D eigenvalue weighted by Crippen LogP contribution is 2.20. The molecule has 1 aliphatic heterocycles. The Balaban J connectivity index is 1.48. The maximum atomic E-state index is 12.9. The number of hydrogen-bond acceptors (Lipinski definition) is 7. The molecule has 2 aromatic rings. The first-order chi connectivity index (χ1) is 16.2. The number of nitrogens with one attached hydrogen (secondary N) is 1. The zero-order valence-electron chi connectivity index (χ0n) is 18.5. The van der Waals surface area contributed by atoms with Crippen LogP contribution in [0.5, 0.6) is 0 Å². The average Bonchev–Trinajstić information content (AvgIpc) is 2.84. The molecule has 0 radical (unpaired) electrons. The summed E-state index contributed by atoms with van der Waals surface area (Å²) >= 11 is 0. The van der Waals surface area contributed by atoms with Gasteiger partial charge < -0.3 is 14.8 Å². The highest BCUT2D eigenvalue weighted by Gasteiger charge is 2.26. The van der Waals surface area contributed by atoms with Gasteiger partial charge in [-0.3, -0.25) is 14.4 Å². The zero-order valence-corrected chi connectivity index (χ0v) is 19.3. The zero-order chi connectivity index (χ0) is 24.7. The number of halogens is 1. The molecular formula is C23H25FN2O7S. The fourth-order valence-electron chi connectivity index (χ4n) is 3.20. The predicted octanol–water partition coefficient (Wildman–Crippen LogP) is 2.38. The molecule has 11 heteroatoms. The van der Waals surface area contributed by atoms with Crippen molar-refractivity contribution in [3.63, 3.8) is 0 Å². The van der Waals surface area contributed by atoms with Crippen molar-refractivity contribution < 1.29 is 36.7 Å². The van der Waals surface area contributed by atoms with Gasteiger partial charge in [-0.15, -0.1) is 0 Å². The van der Waals surface area contributed by atoms with Crippen LogP contribution in [0.15, 0.2) is 53.4 Å². The second kappa shape index (κ2) is 11.3. The predicted molar refractivity (Wildman–Crippen MR) is 120 cm³/mol. The number of Topliss-reactive ketones (excluding diaryl/α,β-unsaturated/α-hetero) is 1. The number of sulfonamides is 1. The van der Waals surface area contributed by atoms with Crippen molar-refractivity contribution in [2.45, 2.75) is 30.8 Å². The molecule has 0 saturated carbocycles. The molecule has 1 aliphatic rings. The van der Waals surface area contributed by atoms with Gasteiger partial charge in [0.1, 0.15) is 5.82 Å². The number of esters is 1. The van der Waals surface area contributed by atoms with Gasteiger partial charge in [0.25, 0.3) is 5.91 Å². The van der Waals surface area contributed by atoms with Crippen LogP contribution in [0.25, 0.3) is 0 Å². The van der Waals surface area contributed by atoms with Gasteiger partial charge in [-0.05, 0) is 55.5 Å². The molecule has 1 fully saturated rings. The number of rotatable bonds is 9. The number of ketones is 1. The molecule has 34 heavy (non-hydrogen) atoms. The van der Waals surface area contributed by atoms with Crippen LogP contribution in [0.3, 0.4) is 0 Å². The fraction of sp³-hybridized carbons (Fsp3) is 0.348. The summed E-state index contributed by atoms with van der Waals surface area (Å²) in [4.78, 5) is 36.5. The Hall–Kier alpha value is -3.15. The second-order valence-corrected chi connectivity index (χ2v) is 9.53. The molecule has 1 N–H and O–H groups in total. The summed E-state index contributed by atoms with van der Waals surface area (Å²) in [5, 5.41) is 2.55. The maximum Gasteiger partial charge on any atom is 0.307 e. The second-order valence-electron chi connectivity index (χ2n) is 7.59. The molecule has 1 unspecified atom stereocenters. The number of ether oxygens (including phenoxy) is 2. The molecule has 0 spiro atoms. The van der Waals surface area contributed by atoms with Gasteiger partial charge in [-0.2, -0.15) is 4.31 Å². The van der Waals surface area contributed by atoms with Crippen molar-refractivity contribution in [1.82, 2.24) is 4.31 Å². The molecular weight excluding hydrogens is 467 g/mol. The molecule has 0 bridgehead atoms. The fourth-order valence-corrected chi connectivity index (χ4v) is 4.60. The summed E-state index contributed by atoms with van der Waals surface area (Å²) in [5.74, 6) is -2.16. The minimum absolute atomic E-state index is 0.0951. The summed E-state index contributed by atoms with van der Waals surface area (Å²) in [5.41, 5.74) is 0.611. The number of morpholine rings is 1. The number of carbonyl (C=O) groups is 3. The van der Waals surface area contributed by atoms with Crippen molar-refractivity contribution in [1.29, 1.82) is 0 Å². The van der Waals surface area contributed by atoms with Gasteiger partial charge in [0.15, 0.2) is 11.9 Å². The van der Waals surface area contributed by atoms with E-state index in [-0.39, 0.29) is 42.2 Å². The van der Waals surface area contributed by atoms with Crippen LogP contribution in [-0.4, -0.2) is 62.8 Å². The summed E-state index contributed by atoms with van der Waals surface area (Å²) in [6, 6.07) is 10.6. The van der Waals surface area contributed by atoms with E-state index in [4.69, 9.17) is 9.47 Å². The smallest absolute Gasteiger partial charge is 0.307 e. The molecule has 1 amide bonds. The van der Waals surface area contributed by atoms with Crippen LogP contribution in [0.1, 0.15) is 30.1 Å². The minimum atomic E-state index is -3.65. The van der Waals surface area contributed by atoms with Gasteiger partial charge in [0.05, 0.1) is 24.5 Å². The Labute approximate surface area is 196 Å². The van der Waals surface area contributed by atoms with Gasteiger partial charge in [-0.25, -0.2) is 12.8 Å². The molecule has 1 saturated heterocycles. The molecule has 2 aromatic carbocycles. The van der Waals surface area contributed by atoms with E-state index in [0.717, 1.165) is 12.1 Å². The lowest BCUT2D eigenvalue weighted by atomic mass is 10.1. The monoisotopic (exact) mass is 492 g/mol. The minimum Gasteiger partial charge on any atom is -0.453 e. The molecule has 0 aliphatic carbocycles. The Morgan fingerprint density at radius 3 is 2.26 bits per heavy atom. The molecule has 9 nitrogen and oxygen atoms in total. The van der Waals surface area contributed by atoms with Gasteiger partial charge in [0, 0.05) is 30.8 Å². The van der Waals surface area contributed by atoms with E-state index < -0.39 is 33.8 Å². The normalized spacial score (nSPS) is 15.4. The highest BCUT2D eigenvalue weighted by atomic mass is 32.2. The lowest BCUT2D eigenvalue weighted by molar-refractivity contribution is -0.153. The Bertz CT molecular complexity index is 1130.